The number of hydrogen-bond donors (Lipinski definition) is 1. The highest BCUT2D eigenvalue weighted by molar-refractivity contribution is 6.30. The third-order valence-electron chi connectivity index (χ3n) is 2.90. The number of nitrogens with zero attached hydrogens (tertiary/aromatic N) is 1. The van der Waals surface area contributed by atoms with Crippen LogP contribution >= 0.6 is 11.6 Å². The monoisotopic (exact) mass is 260 g/mol. The first-order valence-electron chi connectivity index (χ1n) is 6.07. The summed E-state index contributed by atoms with van der Waals surface area (Å²) in [4.78, 5) is 4.14. The van der Waals surface area contributed by atoms with Crippen molar-refractivity contribution in [1.82, 2.24) is 4.98 Å². The fourth-order valence-electron chi connectivity index (χ4n) is 1.91. The second-order valence-corrected chi connectivity index (χ2v) is 5.00. The van der Waals surface area contributed by atoms with Gasteiger partial charge in [0.25, 0.3) is 0 Å². The number of aryl methyl sites for hydroxylation is 1. The lowest BCUT2D eigenvalue weighted by Gasteiger charge is -2.16. The first-order chi connectivity index (χ1) is 8.65. The Morgan fingerprint density at radius 2 is 1.94 bits per heavy atom. The Kier molecular flexibility index (Phi) is 4.21. The number of hydrogen-bond acceptors (Lipinski definition) is 2. The molecule has 1 N–H and O–H groups in total. The summed E-state index contributed by atoms with van der Waals surface area (Å²) < 4.78 is 0. The van der Waals surface area contributed by atoms with Gasteiger partial charge >= 0.3 is 0 Å². The molecule has 0 aliphatic carbocycles. The van der Waals surface area contributed by atoms with Gasteiger partial charge in [-0.3, -0.25) is 4.98 Å². The Hall–Kier alpha value is -1.54. The Morgan fingerprint density at radius 3 is 2.61 bits per heavy atom. The summed E-state index contributed by atoms with van der Waals surface area (Å²) in [7, 11) is 0. The molecule has 1 aromatic heterocycles. The van der Waals surface area contributed by atoms with Crippen LogP contribution in [0.25, 0.3) is 0 Å². The molecule has 0 amide bonds. The van der Waals surface area contributed by atoms with Crippen molar-refractivity contribution in [2.45, 2.75) is 26.3 Å². The fraction of sp³-hybridized carbons (Fsp3) is 0.267. The predicted octanol–water partition coefficient (Wildman–Crippen LogP) is 4.09. The van der Waals surface area contributed by atoms with Crippen molar-refractivity contribution in [2.24, 2.45) is 0 Å². The van der Waals surface area contributed by atoms with Gasteiger partial charge in [-0.15, -0.1) is 0 Å². The quantitative estimate of drug-likeness (QED) is 0.896. The second-order valence-electron chi connectivity index (χ2n) is 4.57. The molecule has 0 saturated heterocycles. The molecule has 1 unspecified atom stereocenters. The van der Waals surface area contributed by atoms with E-state index in [1.54, 1.807) is 0 Å². The van der Waals surface area contributed by atoms with Crippen LogP contribution in [0.2, 0.25) is 5.02 Å². The van der Waals surface area contributed by atoms with E-state index in [0.717, 1.165) is 17.1 Å². The standard InChI is InChI=1S/C15H17ClN2/c1-11-7-8-17-10-15(11)18-12(2)9-13-3-5-14(16)6-4-13/h3-8,10,12,18H,9H2,1-2H3. The minimum atomic E-state index is 0.356. The molecule has 0 saturated carbocycles. The molecule has 0 fully saturated rings. The lowest BCUT2D eigenvalue weighted by molar-refractivity contribution is 0.788. The van der Waals surface area contributed by atoms with Crippen LogP contribution in [0, 0.1) is 6.92 Å². The minimum absolute atomic E-state index is 0.356. The molecule has 0 spiro atoms. The topological polar surface area (TPSA) is 24.9 Å². The number of anilines is 1. The molecule has 1 atom stereocenters. The zero-order chi connectivity index (χ0) is 13.0. The minimum Gasteiger partial charge on any atom is -0.381 e. The lowest BCUT2D eigenvalue weighted by atomic mass is 10.1. The van der Waals surface area contributed by atoms with Crippen LogP contribution < -0.4 is 5.32 Å². The van der Waals surface area contributed by atoms with Crippen molar-refractivity contribution >= 4 is 17.3 Å². The molecular weight excluding hydrogens is 244 g/mol. The number of pyridine rings is 1. The molecule has 2 aromatic rings. The second kappa shape index (κ2) is 5.87. The maximum absolute atomic E-state index is 5.87. The van der Waals surface area contributed by atoms with Gasteiger partial charge in [-0.25, -0.2) is 0 Å². The number of nitrogens with one attached hydrogen (secondary N) is 1. The third kappa shape index (κ3) is 3.47. The van der Waals surface area contributed by atoms with Gasteiger partial charge in [-0.2, -0.15) is 0 Å². The van der Waals surface area contributed by atoms with Crippen molar-refractivity contribution in [3.05, 3.63) is 58.9 Å². The van der Waals surface area contributed by atoms with Crippen molar-refractivity contribution in [3.63, 3.8) is 0 Å². The van der Waals surface area contributed by atoms with Crippen molar-refractivity contribution < 1.29 is 0 Å². The number of halogens is 1. The van der Waals surface area contributed by atoms with Crippen LogP contribution in [0.15, 0.2) is 42.7 Å². The van der Waals surface area contributed by atoms with Crippen LogP contribution in [-0.2, 0) is 6.42 Å². The Balaban J connectivity index is 1.99. The average molecular weight is 261 g/mol. The van der Waals surface area contributed by atoms with Crippen LogP contribution in [-0.4, -0.2) is 11.0 Å². The molecule has 18 heavy (non-hydrogen) atoms. The van der Waals surface area contributed by atoms with E-state index in [-0.39, 0.29) is 0 Å². The Labute approximate surface area is 113 Å². The average Bonchev–Trinajstić information content (AvgIpc) is 2.35. The number of benzene rings is 1. The highest BCUT2D eigenvalue weighted by Crippen LogP contribution is 2.16. The lowest BCUT2D eigenvalue weighted by Crippen LogP contribution is -2.18. The van der Waals surface area contributed by atoms with E-state index >= 15 is 0 Å². The molecule has 1 aromatic carbocycles. The molecule has 0 radical (unpaired) electrons. The number of aromatic nitrogens is 1. The Bertz CT molecular complexity index is 508. The van der Waals surface area contributed by atoms with Gasteiger partial charge in [-0.1, -0.05) is 23.7 Å². The normalized spacial score (nSPS) is 12.2. The van der Waals surface area contributed by atoms with E-state index in [4.69, 9.17) is 11.6 Å². The summed E-state index contributed by atoms with van der Waals surface area (Å²) in [6.45, 7) is 4.25. The first-order valence-corrected chi connectivity index (χ1v) is 6.44. The highest BCUT2D eigenvalue weighted by Gasteiger charge is 2.05. The van der Waals surface area contributed by atoms with E-state index in [1.165, 1.54) is 11.1 Å². The van der Waals surface area contributed by atoms with Crippen LogP contribution in [0.5, 0.6) is 0 Å². The van der Waals surface area contributed by atoms with E-state index in [1.807, 2.05) is 30.6 Å². The van der Waals surface area contributed by atoms with Gasteiger partial charge in [0.15, 0.2) is 0 Å². The predicted molar refractivity (Wildman–Crippen MR) is 77.2 cm³/mol. The summed E-state index contributed by atoms with van der Waals surface area (Å²) in [5.74, 6) is 0. The van der Waals surface area contributed by atoms with Crippen LogP contribution in [0.1, 0.15) is 18.1 Å². The summed E-state index contributed by atoms with van der Waals surface area (Å²) in [6, 6.07) is 10.4. The zero-order valence-electron chi connectivity index (χ0n) is 10.7. The molecule has 2 nitrogen and oxygen atoms in total. The molecule has 2 rings (SSSR count). The van der Waals surface area contributed by atoms with Crippen molar-refractivity contribution in [1.29, 1.82) is 0 Å². The van der Waals surface area contributed by atoms with Gasteiger partial charge < -0.3 is 5.32 Å². The largest absolute Gasteiger partial charge is 0.381 e. The van der Waals surface area contributed by atoms with Crippen molar-refractivity contribution in [2.75, 3.05) is 5.32 Å². The van der Waals surface area contributed by atoms with Gasteiger partial charge in [0.05, 0.1) is 11.9 Å². The van der Waals surface area contributed by atoms with E-state index in [0.29, 0.717) is 6.04 Å². The zero-order valence-corrected chi connectivity index (χ0v) is 11.4. The van der Waals surface area contributed by atoms with Crippen molar-refractivity contribution in [3.8, 4) is 0 Å². The molecule has 94 valence electrons. The maximum atomic E-state index is 5.87. The third-order valence-corrected chi connectivity index (χ3v) is 3.15. The van der Waals surface area contributed by atoms with E-state index in [2.05, 4.69) is 36.3 Å². The van der Waals surface area contributed by atoms with Crippen LogP contribution in [0.4, 0.5) is 5.69 Å². The SMILES string of the molecule is Cc1ccncc1NC(C)Cc1ccc(Cl)cc1. The smallest absolute Gasteiger partial charge is 0.0558 e. The molecule has 1 heterocycles. The molecule has 0 aliphatic rings. The maximum Gasteiger partial charge on any atom is 0.0558 e. The van der Waals surface area contributed by atoms with Gasteiger partial charge in [0, 0.05) is 17.3 Å². The molecule has 0 aliphatic heterocycles. The number of rotatable bonds is 4. The van der Waals surface area contributed by atoms with Gasteiger partial charge in [0.1, 0.15) is 0 Å². The van der Waals surface area contributed by atoms with Crippen LogP contribution in [0.3, 0.4) is 0 Å². The molecule has 3 heteroatoms. The van der Waals surface area contributed by atoms with E-state index in [9.17, 15) is 0 Å². The highest BCUT2D eigenvalue weighted by atomic mass is 35.5. The summed E-state index contributed by atoms with van der Waals surface area (Å²) >= 11 is 5.87. The molecule has 0 bridgehead atoms. The first kappa shape index (κ1) is 12.9. The van der Waals surface area contributed by atoms with Gasteiger partial charge in [0.2, 0.25) is 0 Å². The summed E-state index contributed by atoms with van der Waals surface area (Å²) in [6.07, 6.45) is 4.64. The Morgan fingerprint density at radius 1 is 1.22 bits per heavy atom. The van der Waals surface area contributed by atoms with E-state index < -0.39 is 0 Å². The summed E-state index contributed by atoms with van der Waals surface area (Å²) in [5.41, 5.74) is 3.59. The van der Waals surface area contributed by atoms with Gasteiger partial charge in [-0.05, 0) is 49.6 Å². The molecular formula is C15H17ClN2. The fourth-order valence-corrected chi connectivity index (χ4v) is 2.03. The summed E-state index contributed by atoms with van der Waals surface area (Å²) in [5, 5.41) is 4.26.